The molecule has 2 nitrogen and oxygen atoms in total. The molecule has 1 fully saturated rings. The van der Waals surface area contributed by atoms with E-state index in [9.17, 15) is 0 Å². The molecule has 2 atom stereocenters. The molecule has 2 unspecified atom stereocenters. The average Bonchev–Trinajstić information content (AvgIpc) is 2.89. The zero-order chi connectivity index (χ0) is 15.5. The summed E-state index contributed by atoms with van der Waals surface area (Å²) in [6.07, 6.45) is 3.65. The summed E-state index contributed by atoms with van der Waals surface area (Å²) in [5.41, 5.74) is 0.276. The summed E-state index contributed by atoms with van der Waals surface area (Å²) in [5, 5.41) is 3.79. The molecule has 0 saturated carbocycles. The van der Waals surface area contributed by atoms with Gasteiger partial charge in [0.1, 0.15) is 0 Å². The lowest BCUT2D eigenvalue weighted by Gasteiger charge is -2.46. The highest BCUT2D eigenvalue weighted by Gasteiger charge is 2.34. The van der Waals surface area contributed by atoms with E-state index in [1.807, 2.05) is 11.3 Å². The number of hydrogen-bond acceptors (Lipinski definition) is 3. The smallest absolute Gasteiger partial charge is 0.0332 e. The molecule has 0 aliphatic carbocycles. The third-order valence-corrected chi connectivity index (χ3v) is 6.00. The molecule has 2 rings (SSSR count). The quantitative estimate of drug-likeness (QED) is 0.843. The van der Waals surface area contributed by atoms with Crippen LogP contribution in [0.5, 0.6) is 0 Å². The summed E-state index contributed by atoms with van der Waals surface area (Å²) in [6.45, 7) is 15.0. The lowest BCUT2D eigenvalue weighted by Crippen LogP contribution is -2.62. The van der Waals surface area contributed by atoms with Crippen molar-refractivity contribution in [3.05, 3.63) is 21.9 Å². The molecule has 0 radical (unpaired) electrons. The van der Waals surface area contributed by atoms with E-state index in [1.54, 1.807) is 0 Å². The van der Waals surface area contributed by atoms with Crippen molar-refractivity contribution in [2.24, 2.45) is 5.92 Å². The van der Waals surface area contributed by atoms with E-state index in [4.69, 9.17) is 0 Å². The lowest BCUT2D eigenvalue weighted by atomic mass is 9.90. The summed E-state index contributed by atoms with van der Waals surface area (Å²) < 4.78 is 0. The number of nitrogens with one attached hydrogen (secondary N) is 1. The Bertz CT molecular complexity index is 440. The Labute approximate surface area is 134 Å². The zero-order valence-corrected chi connectivity index (χ0v) is 15.2. The molecule has 1 saturated heterocycles. The third kappa shape index (κ3) is 4.54. The van der Waals surface area contributed by atoms with Gasteiger partial charge in [-0.1, -0.05) is 27.7 Å². The standard InChI is InChI=1S/C18H32N2S/c1-6-16-8-9-17(21-16)12-20-13-18(5,7-2)19-11-15(20)10-14(3)4/h8-9,14-15,19H,6-7,10-13H2,1-5H3. The molecule has 120 valence electrons. The second kappa shape index (κ2) is 7.26. The van der Waals surface area contributed by atoms with Gasteiger partial charge in [-0.25, -0.2) is 0 Å². The number of hydrogen-bond donors (Lipinski definition) is 1. The lowest BCUT2D eigenvalue weighted by molar-refractivity contribution is 0.0673. The summed E-state index contributed by atoms with van der Waals surface area (Å²) in [6, 6.07) is 5.32. The van der Waals surface area contributed by atoms with Crippen molar-refractivity contribution in [3.63, 3.8) is 0 Å². The Balaban J connectivity index is 2.08. The van der Waals surface area contributed by atoms with E-state index in [-0.39, 0.29) is 5.54 Å². The van der Waals surface area contributed by atoms with E-state index < -0.39 is 0 Å². The average molecular weight is 309 g/mol. The van der Waals surface area contributed by atoms with Gasteiger partial charge in [0, 0.05) is 41.0 Å². The van der Waals surface area contributed by atoms with Crippen LogP contribution in [0, 0.1) is 5.92 Å². The summed E-state index contributed by atoms with van der Waals surface area (Å²) in [5.74, 6) is 0.764. The number of piperazine rings is 1. The maximum Gasteiger partial charge on any atom is 0.0332 e. The first-order valence-electron chi connectivity index (χ1n) is 8.52. The van der Waals surface area contributed by atoms with Crippen LogP contribution in [0.3, 0.4) is 0 Å². The maximum atomic E-state index is 3.79. The van der Waals surface area contributed by atoms with E-state index >= 15 is 0 Å². The minimum absolute atomic E-state index is 0.276. The van der Waals surface area contributed by atoms with E-state index in [2.05, 4.69) is 57.0 Å². The third-order valence-electron chi connectivity index (χ3n) is 4.78. The van der Waals surface area contributed by atoms with Crippen molar-refractivity contribution in [2.45, 2.75) is 72.0 Å². The second-order valence-corrected chi connectivity index (χ2v) is 8.46. The molecule has 1 aromatic rings. The Kier molecular flexibility index (Phi) is 5.87. The van der Waals surface area contributed by atoms with Crippen LogP contribution in [0.15, 0.2) is 12.1 Å². The molecule has 1 aliphatic heterocycles. The zero-order valence-electron chi connectivity index (χ0n) is 14.4. The molecular formula is C18H32N2S. The number of nitrogens with zero attached hydrogens (tertiary/aromatic N) is 1. The van der Waals surface area contributed by atoms with Crippen LogP contribution in [0.4, 0.5) is 0 Å². The number of aryl methyl sites for hydroxylation is 1. The van der Waals surface area contributed by atoms with Crippen LogP contribution in [0.2, 0.25) is 0 Å². The first-order chi connectivity index (χ1) is 9.95. The highest BCUT2D eigenvalue weighted by atomic mass is 32.1. The van der Waals surface area contributed by atoms with Gasteiger partial charge in [0.25, 0.3) is 0 Å². The number of thiophene rings is 1. The van der Waals surface area contributed by atoms with Gasteiger partial charge in [0.05, 0.1) is 0 Å². The SMILES string of the molecule is CCc1ccc(CN2CC(C)(CC)NCC2CC(C)C)s1. The minimum atomic E-state index is 0.276. The fourth-order valence-electron chi connectivity index (χ4n) is 3.22. The van der Waals surface area contributed by atoms with Gasteiger partial charge in [0.2, 0.25) is 0 Å². The predicted octanol–water partition coefficient (Wildman–Crippen LogP) is 4.30. The summed E-state index contributed by atoms with van der Waals surface area (Å²) >= 11 is 1.99. The van der Waals surface area contributed by atoms with Crippen LogP contribution >= 0.6 is 11.3 Å². The fraction of sp³-hybridized carbons (Fsp3) is 0.778. The van der Waals surface area contributed by atoms with Gasteiger partial charge in [0.15, 0.2) is 0 Å². The van der Waals surface area contributed by atoms with Crippen molar-refractivity contribution < 1.29 is 0 Å². The molecule has 1 aromatic heterocycles. The second-order valence-electron chi connectivity index (χ2n) is 7.21. The van der Waals surface area contributed by atoms with Crippen LogP contribution in [0.1, 0.15) is 57.2 Å². The highest BCUT2D eigenvalue weighted by molar-refractivity contribution is 7.11. The molecule has 0 bridgehead atoms. The molecule has 0 aromatic carbocycles. The molecule has 21 heavy (non-hydrogen) atoms. The minimum Gasteiger partial charge on any atom is -0.309 e. The van der Waals surface area contributed by atoms with Crippen molar-refractivity contribution in [1.29, 1.82) is 0 Å². The van der Waals surface area contributed by atoms with Crippen LogP contribution < -0.4 is 5.32 Å². The van der Waals surface area contributed by atoms with Gasteiger partial charge in [-0.15, -0.1) is 11.3 Å². The predicted molar refractivity (Wildman–Crippen MR) is 94.0 cm³/mol. The van der Waals surface area contributed by atoms with Gasteiger partial charge in [-0.2, -0.15) is 0 Å². The molecule has 1 aliphatic rings. The first kappa shape index (κ1) is 17.0. The van der Waals surface area contributed by atoms with Crippen molar-refractivity contribution in [3.8, 4) is 0 Å². The van der Waals surface area contributed by atoms with Gasteiger partial charge < -0.3 is 5.32 Å². The summed E-state index contributed by atoms with van der Waals surface area (Å²) in [4.78, 5) is 5.77. The Morgan fingerprint density at radius 2 is 2.05 bits per heavy atom. The normalized spacial score (nSPS) is 27.4. The monoisotopic (exact) mass is 308 g/mol. The van der Waals surface area contributed by atoms with Crippen molar-refractivity contribution in [1.82, 2.24) is 10.2 Å². The summed E-state index contributed by atoms with van der Waals surface area (Å²) in [7, 11) is 0. The van der Waals surface area contributed by atoms with Crippen LogP contribution in [-0.4, -0.2) is 29.6 Å². The Hall–Kier alpha value is -0.380. The van der Waals surface area contributed by atoms with E-state index in [0.29, 0.717) is 6.04 Å². The molecule has 0 amide bonds. The topological polar surface area (TPSA) is 15.3 Å². The van der Waals surface area contributed by atoms with Crippen molar-refractivity contribution in [2.75, 3.05) is 13.1 Å². The maximum absolute atomic E-state index is 3.79. The Morgan fingerprint density at radius 3 is 2.62 bits per heavy atom. The molecule has 0 spiro atoms. The molecule has 2 heterocycles. The fourth-order valence-corrected chi connectivity index (χ4v) is 4.21. The first-order valence-corrected chi connectivity index (χ1v) is 9.34. The molecular weight excluding hydrogens is 276 g/mol. The van der Waals surface area contributed by atoms with Gasteiger partial charge >= 0.3 is 0 Å². The molecule has 1 N–H and O–H groups in total. The van der Waals surface area contributed by atoms with Crippen LogP contribution in [0.25, 0.3) is 0 Å². The van der Waals surface area contributed by atoms with E-state index in [1.165, 1.54) is 29.1 Å². The Morgan fingerprint density at radius 1 is 1.33 bits per heavy atom. The van der Waals surface area contributed by atoms with Crippen molar-refractivity contribution >= 4 is 11.3 Å². The molecule has 3 heteroatoms. The van der Waals surface area contributed by atoms with Crippen LogP contribution in [-0.2, 0) is 13.0 Å². The van der Waals surface area contributed by atoms with Gasteiger partial charge in [-0.05, 0) is 44.2 Å². The van der Waals surface area contributed by atoms with Gasteiger partial charge in [-0.3, -0.25) is 4.90 Å². The highest BCUT2D eigenvalue weighted by Crippen LogP contribution is 2.26. The number of rotatable bonds is 6. The van der Waals surface area contributed by atoms with E-state index in [0.717, 1.165) is 25.4 Å². The largest absolute Gasteiger partial charge is 0.309 e.